The number of aryl methyl sites for hydroxylation is 1. The van der Waals surface area contributed by atoms with Crippen molar-refractivity contribution < 1.29 is 17.9 Å². The Balaban J connectivity index is 1.45. The van der Waals surface area contributed by atoms with E-state index in [1.165, 1.54) is 5.56 Å². The van der Waals surface area contributed by atoms with E-state index in [-0.39, 0.29) is 23.3 Å². The van der Waals surface area contributed by atoms with Crippen LogP contribution < -0.4 is 9.21 Å². The Labute approximate surface area is 203 Å². The average molecular weight is 483 g/mol. The van der Waals surface area contributed by atoms with Crippen LogP contribution in [0.3, 0.4) is 0 Å². The molecule has 2 fully saturated rings. The molecule has 0 aromatic heterocycles. The molecule has 1 aliphatic carbocycles. The first-order valence-corrected chi connectivity index (χ1v) is 14.1. The standard InChI is InChI=1S/C27H34N2O4S/c1-2-20-7-9-24(10-8-20)29(23-5-3-4-6-23)34(31,32)25-11-12-26-22(17-25)18-27(30)28(26)19-21-13-15-33-16-14-21/h7-12,17,21,23H,2-6,13-16,18-19H2,1H3. The first kappa shape index (κ1) is 23.4. The molecule has 0 bridgehead atoms. The second kappa shape index (κ2) is 9.70. The van der Waals surface area contributed by atoms with Crippen LogP contribution in [0.4, 0.5) is 11.4 Å². The summed E-state index contributed by atoms with van der Waals surface area (Å²) in [5.74, 6) is 0.481. The summed E-state index contributed by atoms with van der Waals surface area (Å²) in [6.45, 7) is 4.26. The fourth-order valence-corrected chi connectivity index (χ4v) is 7.34. The van der Waals surface area contributed by atoms with Gasteiger partial charge < -0.3 is 9.64 Å². The molecule has 0 unspecified atom stereocenters. The van der Waals surface area contributed by atoms with Gasteiger partial charge in [0.2, 0.25) is 5.91 Å². The monoisotopic (exact) mass is 482 g/mol. The van der Waals surface area contributed by atoms with Crippen molar-refractivity contribution in [1.82, 2.24) is 0 Å². The molecule has 0 spiro atoms. The van der Waals surface area contributed by atoms with E-state index in [1.54, 1.807) is 16.4 Å². The van der Waals surface area contributed by atoms with E-state index < -0.39 is 10.0 Å². The van der Waals surface area contributed by atoms with Crippen molar-refractivity contribution >= 4 is 27.3 Å². The Kier molecular flexibility index (Phi) is 6.67. The average Bonchev–Trinajstić information content (AvgIpc) is 3.48. The summed E-state index contributed by atoms with van der Waals surface area (Å²) in [7, 11) is -3.75. The number of sulfonamides is 1. The van der Waals surface area contributed by atoms with E-state index in [9.17, 15) is 13.2 Å². The summed E-state index contributed by atoms with van der Waals surface area (Å²) in [6, 6.07) is 13.1. The van der Waals surface area contributed by atoms with Gasteiger partial charge in [-0.3, -0.25) is 9.10 Å². The number of benzene rings is 2. The summed E-state index contributed by atoms with van der Waals surface area (Å²) in [6.07, 6.45) is 6.93. The zero-order valence-electron chi connectivity index (χ0n) is 19.9. The summed E-state index contributed by atoms with van der Waals surface area (Å²) in [4.78, 5) is 14.9. The highest BCUT2D eigenvalue weighted by Crippen LogP contribution is 2.37. The van der Waals surface area contributed by atoms with E-state index in [1.807, 2.05) is 35.2 Å². The van der Waals surface area contributed by atoms with Gasteiger partial charge in [0.15, 0.2) is 0 Å². The van der Waals surface area contributed by atoms with Crippen LogP contribution in [0.25, 0.3) is 0 Å². The fraction of sp³-hybridized carbons (Fsp3) is 0.519. The topological polar surface area (TPSA) is 66.9 Å². The molecule has 182 valence electrons. The Morgan fingerprint density at radius 3 is 2.38 bits per heavy atom. The molecule has 34 heavy (non-hydrogen) atoms. The smallest absolute Gasteiger partial charge is 0.264 e. The Morgan fingerprint density at radius 2 is 1.71 bits per heavy atom. The third-order valence-electron chi connectivity index (χ3n) is 7.58. The summed E-state index contributed by atoms with van der Waals surface area (Å²) in [5, 5.41) is 0. The van der Waals surface area contributed by atoms with Gasteiger partial charge in [-0.15, -0.1) is 0 Å². The van der Waals surface area contributed by atoms with Gasteiger partial charge in [0.1, 0.15) is 0 Å². The van der Waals surface area contributed by atoms with Crippen LogP contribution in [0.15, 0.2) is 47.4 Å². The first-order chi connectivity index (χ1) is 16.5. The highest BCUT2D eigenvalue weighted by Gasteiger charge is 2.36. The zero-order chi connectivity index (χ0) is 23.7. The number of hydrogen-bond donors (Lipinski definition) is 0. The van der Waals surface area contributed by atoms with Crippen LogP contribution in [0.1, 0.15) is 56.6 Å². The lowest BCUT2D eigenvalue weighted by atomic mass is 10.00. The van der Waals surface area contributed by atoms with E-state index >= 15 is 0 Å². The van der Waals surface area contributed by atoms with E-state index in [0.29, 0.717) is 12.5 Å². The molecule has 7 heteroatoms. The van der Waals surface area contributed by atoms with Crippen molar-refractivity contribution in [1.29, 1.82) is 0 Å². The zero-order valence-corrected chi connectivity index (χ0v) is 20.7. The molecule has 5 rings (SSSR count). The minimum atomic E-state index is -3.75. The van der Waals surface area contributed by atoms with Crippen LogP contribution in [-0.2, 0) is 32.4 Å². The normalized spacial score (nSPS) is 19.6. The van der Waals surface area contributed by atoms with E-state index in [0.717, 1.165) is 75.1 Å². The van der Waals surface area contributed by atoms with Crippen molar-refractivity contribution in [2.45, 2.75) is 69.2 Å². The first-order valence-electron chi connectivity index (χ1n) is 12.6. The molecular formula is C27H34N2O4S. The van der Waals surface area contributed by atoms with Crippen LogP contribution in [-0.4, -0.2) is 40.1 Å². The van der Waals surface area contributed by atoms with E-state index in [2.05, 4.69) is 6.92 Å². The van der Waals surface area contributed by atoms with Gasteiger partial charge in [-0.05, 0) is 79.5 Å². The maximum atomic E-state index is 14.0. The van der Waals surface area contributed by atoms with Gasteiger partial charge in [-0.1, -0.05) is 31.9 Å². The van der Waals surface area contributed by atoms with Gasteiger partial charge in [0.25, 0.3) is 10.0 Å². The number of amides is 1. The van der Waals surface area contributed by atoms with Crippen molar-refractivity contribution in [2.24, 2.45) is 5.92 Å². The van der Waals surface area contributed by atoms with Crippen molar-refractivity contribution in [3.8, 4) is 0 Å². The summed E-state index contributed by atoms with van der Waals surface area (Å²) >= 11 is 0. The molecule has 0 atom stereocenters. The fourth-order valence-electron chi connectivity index (χ4n) is 5.58. The van der Waals surface area contributed by atoms with Crippen LogP contribution >= 0.6 is 0 Å². The maximum absolute atomic E-state index is 14.0. The molecule has 0 N–H and O–H groups in total. The lowest BCUT2D eigenvalue weighted by Gasteiger charge is -2.31. The van der Waals surface area contributed by atoms with Crippen LogP contribution in [0, 0.1) is 5.92 Å². The molecule has 1 saturated heterocycles. The lowest BCUT2D eigenvalue weighted by molar-refractivity contribution is -0.117. The molecule has 6 nitrogen and oxygen atoms in total. The summed E-state index contributed by atoms with van der Waals surface area (Å²) in [5.41, 5.74) is 3.58. The SMILES string of the molecule is CCc1ccc(N(C2CCCC2)S(=O)(=O)c2ccc3c(c2)CC(=O)N3CC2CCOCC2)cc1. The third-order valence-corrected chi connectivity index (χ3v) is 9.45. The van der Waals surface area contributed by atoms with Gasteiger partial charge in [-0.2, -0.15) is 0 Å². The van der Waals surface area contributed by atoms with Crippen molar-refractivity contribution in [3.05, 3.63) is 53.6 Å². The van der Waals surface area contributed by atoms with Crippen molar-refractivity contribution in [2.75, 3.05) is 29.0 Å². The minimum Gasteiger partial charge on any atom is -0.381 e. The molecule has 3 aliphatic rings. The molecule has 2 aromatic carbocycles. The van der Waals surface area contributed by atoms with Crippen LogP contribution in [0.5, 0.6) is 0 Å². The van der Waals surface area contributed by atoms with Gasteiger partial charge in [-0.25, -0.2) is 8.42 Å². The van der Waals surface area contributed by atoms with Gasteiger partial charge >= 0.3 is 0 Å². The highest BCUT2D eigenvalue weighted by atomic mass is 32.2. The minimum absolute atomic E-state index is 0.0302. The molecule has 2 aromatic rings. The molecule has 2 aliphatic heterocycles. The quantitative estimate of drug-likeness (QED) is 0.574. The molecule has 2 heterocycles. The van der Waals surface area contributed by atoms with E-state index in [4.69, 9.17) is 4.74 Å². The number of nitrogens with zero attached hydrogens (tertiary/aromatic N) is 2. The second-order valence-corrected chi connectivity index (χ2v) is 11.6. The number of anilines is 2. The number of fused-ring (bicyclic) bond motifs is 1. The number of carbonyl (C=O) groups excluding carboxylic acids is 1. The molecule has 0 radical (unpaired) electrons. The Morgan fingerprint density at radius 1 is 1.00 bits per heavy atom. The number of hydrogen-bond acceptors (Lipinski definition) is 4. The van der Waals surface area contributed by atoms with Crippen molar-refractivity contribution in [3.63, 3.8) is 0 Å². The van der Waals surface area contributed by atoms with Crippen LogP contribution in [0.2, 0.25) is 0 Å². The van der Waals surface area contributed by atoms with Gasteiger partial charge in [0, 0.05) is 31.5 Å². The third kappa shape index (κ3) is 4.48. The Hall–Kier alpha value is -2.38. The predicted octanol–water partition coefficient (Wildman–Crippen LogP) is 4.70. The molecular weight excluding hydrogens is 448 g/mol. The lowest BCUT2D eigenvalue weighted by Crippen LogP contribution is -2.39. The largest absolute Gasteiger partial charge is 0.381 e. The highest BCUT2D eigenvalue weighted by molar-refractivity contribution is 7.92. The number of ether oxygens (including phenoxy) is 1. The second-order valence-electron chi connectivity index (χ2n) is 9.79. The maximum Gasteiger partial charge on any atom is 0.264 e. The predicted molar refractivity (Wildman–Crippen MR) is 134 cm³/mol. The molecule has 1 saturated carbocycles. The van der Waals surface area contributed by atoms with Gasteiger partial charge in [0.05, 0.1) is 17.0 Å². The molecule has 1 amide bonds. The Bertz CT molecular complexity index is 1130. The number of carbonyl (C=O) groups is 1. The summed E-state index contributed by atoms with van der Waals surface area (Å²) < 4.78 is 35.0. The number of rotatable bonds is 7.